The van der Waals surface area contributed by atoms with Gasteiger partial charge in [-0.3, -0.25) is 4.79 Å². The van der Waals surface area contributed by atoms with E-state index in [9.17, 15) is 14.9 Å². The fourth-order valence-corrected chi connectivity index (χ4v) is 2.14. The number of carbonyl (C=O) groups is 1. The monoisotopic (exact) mass is 305 g/mol. The molecule has 0 aromatic carbocycles. The van der Waals surface area contributed by atoms with Crippen molar-refractivity contribution in [2.75, 3.05) is 18.5 Å². The number of hydrogen-bond acceptors (Lipinski definition) is 5. The summed E-state index contributed by atoms with van der Waals surface area (Å²) in [7, 11) is 1.61. The SMILES string of the molecule is CN(CC(=O)NC(C)(C)C)c1nc2ccccn2c1[N+](=O)[O-]. The van der Waals surface area contributed by atoms with Crippen molar-refractivity contribution in [3.8, 4) is 0 Å². The molecular weight excluding hydrogens is 286 g/mol. The summed E-state index contributed by atoms with van der Waals surface area (Å²) in [6.45, 7) is 5.61. The van der Waals surface area contributed by atoms with Gasteiger partial charge in [0.2, 0.25) is 17.4 Å². The van der Waals surface area contributed by atoms with Crippen LogP contribution in [0, 0.1) is 10.1 Å². The molecule has 0 radical (unpaired) electrons. The molecule has 0 aliphatic heterocycles. The number of hydrogen-bond donors (Lipinski definition) is 1. The Labute approximate surface area is 127 Å². The van der Waals surface area contributed by atoms with Gasteiger partial charge in [0, 0.05) is 18.7 Å². The van der Waals surface area contributed by atoms with Crippen LogP contribution < -0.4 is 10.2 Å². The fraction of sp³-hybridized carbons (Fsp3) is 0.429. The summed E-state index contributed by atoms with van der Waals surface area (Å²) in [4.78, 5) is 28.6. The number of rotatable bonds is 4. The molecule has 1 N–H and O–H groups in total. The highest BCUT2D eigenvalue weighted by Gasteiger charge is 2.26. The second kappa shape index (κ2) is 5.63. The Bertz CT molecular complexity index is 717. The largest absolute Gasteiger partial charge is 0.372 e. The van der Waals surface area contributed by atoms with Crippen molar-refractivity contribution in [1.29, 1.82) is 0 Å². The van der Waals surface area contributed by atoms with Gasteiger partial charge in [0.15, 0.2) is 0 Å². The summed E-state index contributed by atoms with van der Waals surface area (Å²) >= 11 is 0. The maximum atomic E-state index is 12.0. The summed E-state index contributed by atoms with van der Waals surface area (Å²) in [6, 6.07) is 5.12. The lowest BCUT2D eigenvalue weighted by atomic mass is 10.1. The Morgan fingerprint density at radius 2 is 2.14 bits per heavy atom. The van der Waals surface area contributed by atoms with Crippen LogP contribution in [0.5, 0.6) is 0 Å². The molecule has 8 heteroatoms. The van der Waals surface area contributed by atoms with Gasteiger partial charge in [-0.2, -0.15) is 9.38 Å². The van der Waals surface area contributed by atoms with Crippen molar-refractivity contribution >= 4 is 23.2 Å². The van der Waals surface area contributed by atoms with E-state index in [-0.39, 0.29) is 29.6 Å². The normalized spacial score (nSPS) is 11.5. The van der Waals surface area contributed by atoms with E-state index in [2.05, 4.69) is 10.3 Å². The van der Waals surface area contributed by atoms with Gasteiger partial charge in [-0.05, 0) is 31.8 Å². The Balaban J connectivity index is 2.32. The van der Waals surface area contributed by atoms with Crippen molar-refractivity contribution in [1.82, 2.24) is 14.7 Å². The average molecular weight is 305 g/mol. The molecular formula is C14H19N5O3. The van der Waals surface area contributed by atoms with Crippen molar-refractivity contribution in [2.24, 2.45) is 0 Å². The Kier molecular flexibility index (Phi) is 4.03. The number of amides is 1. The molecule has 0 aliphatic rings. The molecule has 2 aromatic heterocycles. The molecule has 0 spiro atoms. The molecule has 0 atom stereocenters. The van der Waals surface area contributed by atoms with Gasteiger partial charge in [-0.1, -0.05) is 6.07 Å². The number of nitrogens with one attached hydrogen (secondary N) is 1. The highest BCUT2D eigenvalue weighted by molar-refractivity contribution is 5.82. The van der Waals surface area contributed by atoms with E-state index >= 15 is 0 Å². The van der Waals surface area contributed by atoms with E-state index in [1.165, 1.54) is 9.30 Å². The number of likely N-dealkylation sites (N-methyl/N-ethyl adjacent to an activating group) is 1. The van der Waals surface area contributed by atoms with Crippen LogP contribution in [0.15, 0.2) is 24.4 Å². The standard InChI is InChI=1S/C14H19N5O3/c1-14(2,3)16-11(20)9-17(4)12-13(19(21)22)18-8-6-5-7-10(18)15-12/h5-8H,9H2,1-4H3,(H,16,20). The van der Waals surface area contributed by atoms with Crippen LogP contribution in [0.2, 0.25) is 0 Å². The third kappa shape index (κ3) is 3.33. The van der Waals surface area contributed by atoms with Crippen LogP contribution in [0.3, 0.4) is 0 Å². The van der Waals surface area contributed by atoms with Crippen molar-refractivity contribution < 1.29 is 9.72 Å². The van der Waals surface area contributed by atoms with Gasteiger partial charge in [-0.15, -0.1) is 0 Å². The van der Waals surface area contributed by atoms with Gasteiger partial charge in [0.25, 0.3) is 0 Å². The van der Waals surface area contributed by atoms with Gasteiger partial charge in [0.1, 0.15) is 0 Å². The smallest absolute Gasteiger partial charge is 0.358 e. The lowest BCUT2D eigenvalue weighted by Gasteiger charge is -2.23. The molecule has 0 aliphatic carbocycles. The lowest BCUT2D eigenvalue weighted by Crippen LogP contribution is -2.45. The number of aromatic nitrogens is 2. The number of fused-ring (bicyclic) bond motifs is 1. The molecule has 0 fully saturated rings. The predicted molar refractivity (Wildman–Crippen MR) is 83.0 cm³/mol. The quantitative estimate of drug-likeness (QED) is 0.684. The molecule has 0 unspecified atom stereocenters. The minimum absolute atomic E-state index is 0.0119. The van der Waals surface area contributed by atoms with Crippen molar-refractivity contribution in [3.05, 3.63) is 34.5 Å². The number of nitrogens with zero attached hydrogens (tertiary/aromatic N) is 4. The topological polar surface area (TPSA) is 92.8 Å². The Morgan fingerprint density at radius 1 is 1.45 bits per heavy atom. The fourth-order valence-electron chi connectivity index (χ4n) is 2.14. The molecule has 2 aromatic rings. The van der Waals surface area contributed by atoms with Crippen LogP contribution in [0.25, 0.3) is 5.65 Å². The first-order valence-corrected chi connectivity index (χ1v) is 6.82. The van der Waals surface area contributed by atoms with Crippen molar-refractivity contribution in [3.63, 3.8) is 0 Å². The van der Waals surface area contributed by atoms with Gasteiger partial charge in [-0.25, -0.2) is 0 Å². The minimum Gasteiger partial charge on any atom is -0.358 e. The first-order chi connectivity index (χ1) is 10.2. The van der Waals surface area contributed by atoms with Crippen LogP contribution in [0.4, 0.5) is 11.6 Å². The molecule has 2 rings (SSSR count). The first kappa shape index (κ1) is 15.7. The zero-order valence-corrected chi connectivity index (χ0v) is 13.0. The number of imidazole rings is 1. The minimum atomic E-state index is -0.493. The van der Waals surface area contributed by atoms with Gasteiger partial charge in [0.05, 0.1) is 12.7 Å². The maximum absolute atomic E-state index is 12.0. The highest BCUT2D eigenvalue weighted by Crippen LogP contribution is 2.27. The number of anilines is 1. The maximum Gasteiger partial charge on any atom is 0.372 e. The first-order valence-electron chi connectivity index (χ1n) is 6.82. The summed E-state index contributed by atoms with van der Waals surface area (Å²) in [5, 5.41) is 14.2. The van der Waals surface area contributed by atoms with E-state index in [1.54, 1.807) is 31.4 Å². The highest BCUT2D eigenvalue weighted by atomic mass is 16.6. The van der Waals surface area contributed by atoms with Crippen LogP contribution >= 0.6 is 0 Å². The Hall–Kier alpha value is -2.64. The van der Waals surface area contributed by atoms with E-state index in [0.717, 1.165) is 0 Å². The molecule has 0 saturated carbocycles. The van der Waals surface area contributed by atoms with E-state index < -0.39 is 4.92 Å². The Morgan fingerprint density at radius 3 is 2.73 bits per heavy atom. The van der Waals surface area contributed by atoms with E-state index in [4.69, 9.17) is 0 Å². The summed E-state index contributed by atoms with van der Waals surface area (Å²) in [6.07, 6.45) is 1.58. The number of pyridine rings is 1. The average Bonchev–Trinajstić information content (AvgIpc) is 2.75. The summed E-state index contributed by atoms with van der Waals surface area (Å²) in [5.41, 5.74) is 0.107. The summed E-state index contributed by atoms with van der Waals surface area (Å²) in [5.74, 6) is -0.205. The molecule has 8 nitrogen and oxygen atoms in total. The van der Waals surface area contributed by atoms with Crippen molar-refractivity contribution in [2.45, 2.75) is 26.3 Å². The second-order valence-corrected chi connectivity index (χ2v) is 6.10. The molecule has 0 bridgehead atoms. The second-order valence-electron chi connectivity index (χ2n) is 6.10. The van der Waals surface area contributed by atoms with Crippen LogP contribution in [0.1, 0.15) is 20.8 Å². The molecule has 22 heavy (non-hydrogen) atoms. The molecule has 0 saturated heterocycles. The van der Waals surface area contributed by atoms with Crippen LogP contribution in [-0.4, -0.2) is 39.3 Å². The van der Waals surface area contributed by atoms with Gasteiger partial charge >= 0.3 is 5.82 Å². The third-order valence-corrected chi connectivity index (χ3v) is 2.92. The van der Waals surface area contributed by atoms with Gasteiger partial charge < -0.3 is 20.3 Å². The van der Waals surface area contributed by atoms with E-state index in [1.807, 2.05) is 20.8 Å². The molecule has 2 heterocycles. The zero-order valence-electron chi connectivity index (χ0n) is 13.0. The lowest BCUT2D eigenvalue weighted by molar-refractivity contribution is -0.389. The number of carbonyl (C=O) groups excluding carboxylic acids is 1. The van der Waals surface area contributed by atoms with E-state index in [0.29, 0.717) is 5.65 Å². The van der Waals surface area contributed by atoms with Crippen LogP contribution in [-0.2, 0) is 4.79 Å². The molecule has 1 amide bonds. The zero-order chi connectivity index (χ0) is 16.5. The third-order valence-electron chi connectivity index (χ3n) is 2.92. The molecule has 118 valence electrons. The predicted octanol–water partition coefficient (Wildman–Crippen LogP) is 1.59. The number of nitro groups is 1. The summed E-state index contributed by atoms with van der Waals surface area (Å²) < 4.78 is 1.40.